The maximum absolute atomic E-state index is 8.39. The van der Waals surface area contributed by atoms with Gasteiger partial charge in [-0.25, -0.2) is 0 Å². The molecule has 5 radical (unpaired) electrons. The Labute approximate surface area is 92.0 Å². The normalized spacial score (nSPS) is 1.00. The van der Waals surface area contributed by atoms with Gasteiger partial charge in [0.05, 0.1) is 0 Å². The molecule has 1 nitrogen and oxygen atoms in total. The van der Waals surface area contributed by atoms with Crippen molar-refractivity contribution < 1.29 is 19.8 Å². The minimum atomic E-state index is 0. The molecule has 0 bridgehead atoms. The first-order chi connectivity index (χ1) is 1.00. The first-order valence-electron chi connectivity index (χ1n) is 0.204. The molecule has 0 atom stereocenters. The average molecular weight is 424 g/mol. The van der Waals surface area contributed by atoms with Crippen LogP contribution in [0, 0.1) is 0 Å². The molecule has 0 heterocycles. The molecule has 4 heavy (non-hydrogen) atoms. The van der Waals surface area contributed by atoms with Crippen molar-refractivity contribution in [2.24, 2.45) is 0 Å². The summed E-state index contributed by atoms with van der Waals surface area (Å²) in [6.45, 7) is 0. The molecular weight excluding hydrogens is 424 g/mol. The van der Waals surface area contributed by atoms with Crippen LogP contribution >= 0.6 is 0 Å². The molecule has 0 aliphatic heterocycles. The van der Waals surface area contributed by atoms with Crippen LogP contribution in [0.3, 0.4) is 0 Å². The fraction of sp³-hybridized carbons (Fsp3) is 0. The summed E-state index contributed by atoms with van der Waals surface area (Å²) in [5.74, 6) is 0. The zero-order chi connectivity index (χ0) is 2.00. The molecule has 0 aliphatic rings. The first-order valence-corrected chi connectivity index (χ1v) is 1.79. The van der Waals surface area contributed by atoms with E-state index in [2.05, 4.69) is 0 Å². The third-order valence-electron chi connectivity index (χ3n) is 0. The van der Waals surface area contributed by atoms with Crippen LogP contribution in [-0.2, 0) is 19.8 Å². The second-order valence-corrected chi connectivity index (χ2v) is 0. The molecule has 0 N–H and O–H groups in total. The molecule has 0 aliphatic carbocycles. The Morgan fingerprint density at radius 1 is 1.25 bits per heavy atom. The molecule has 0 aromatic carbocycles. The van der Waals surface area contributed by atoms with E-state index in [0.717, 1.165) is 0 Å². The third-order valence-corrected chi connectivity index (χ3v) is 0. The maximum atomic E-state index is 8.39. The van der Waals surface area contributed by atoms with Crippen molar-refractivity contribution in [3.63, 3.8) is 0 Å². The summed E-state index contributed by atoms with van der Waals surface area (Å²) in [5, 5.41) is 0. The van der Waals surface area contributed by atoms with E-state index < -0.39 is 0 Å². The topological polar surface area (TPSA) is 17.1 Å². The van der Waals surface area contributed by atoms with Gasteiger partial charge in [-0.15, -0.1) is 0 Å². The van der Waals surface area contributed by atoms with Gasteiger partial charge in [0.15, 0.2) is 0 Å². The summed E-state index contributed by atoms with van der Waals surface area (Å²) < 4.78 is 8.39. The Kier molecular flexibility index (Phi) is 67.4. The SMILES string of the molecule is [Ba].[Cu].[O]=[Pb]. The van der Waals surface area contributed by atoms with Gasteiger partial charge in [0, 0.05) is 65.9 Å². The summed E-state index contributed by atoms with van der Waals surface area (Å²) in [5.41, 5.74) is 0. The minimum absolute atomic E-state index is 0. The predicted molar refractivity (Wildman–Crippen MR) is 12.2 cm³/mol. The molecule has 0 saturated heterocycles. The third kappa shape index (κ3) is 8.84. The average Bonchev–Trinajstić information content (AvgIpc) is 1.00. The van der Waals surface area contributed by atoms with Crippen LogP contribution in [0.5, 0.6) is 0 Å². The summed E-state index contributed by atoms with van der Waals surface area (Å²) >= 11 is 0.0556. The molecule has 23 valence electrons. The molecule has 0 saturated carbocycles. The van der Waals surface area contributed by atoms with Crippen LogP contribution in [0.1, 0.15) is 0 Å². The second kappa shape index (κ2) is 17.0. The van der Waals surface area contributed by atoms with Gasteiger partial charge in [-0.05, 0) is 0 Å². The van der Waals surface area contributed by atoms with E-state index in [1.807, 2.05) is 0 Å². The molecule has 0 spiro atoms. The van der Waals surface area contributed by atoms with Crippen LogP contribution in [0.4, 0.5) is 0 Å². The van der Waals surface area contributed by atoms with Gasteiger partial charge in [0.2, 0.25) is 0 Å². The van der Waals surface area contributed by atoms with Crippen molar-refractivity contribution in [2.45, 2.75) is 0 Å². The van der Waals surface area contributed by atoms with Crippen LogP contribution in [0.15, 0.2) is 0 Å². The van der Waals surface area contributed by atoms with Crippen LogP contribution in [0.25, 0.3) is 0 Å². The standard InChI is InChI=1S/Ba.Cu.O.Pb. The van der Waals surface area contributed by atoms with E-state index in [1.54, 1.807) is 0 Å². The Balaban J connectivity index is -0.00000000500. The van der Waals surface area contributed by atoms with Crippen LogP contribution < -0.4 is 0 Å². The zero-order valence-electron chi connectivity index (χ0n) is 1.92. The Morgan fingerprint density at radius 3 is 1.25 bits per heavy atom. The van der Waals surface area contributed by atoms with Crippen molar-refractivity contribution >= 4 is 74.7 Å². The van der Waals surface area contributed by atoms with Gasteiger partial charge in [-0.1, -0.05) is 0 Å². The van der Waals surface area contributed by atoms with Crippen molar-refractivity contribution in [1.82, 2.24) is 0 Å². The Hall–Kier alpha value is 2.81. The quantitative estimate of drug-likeness (QED) is 0.462. The van der Waals surface area contributed by atoms with E-state index in [-0.39, 0.29) is 91.7 Å². The number of hydrogen-bond donors (Lipinski definition) is 0. The van der Waals surface area contributed by atoms with E-state index in [4.69, 9.17) is 2.69 Å². The summed E-state index contributed by atoms with van der Waals surface area (Å²) in [6.07, 6.45) is 0. The summed E-state index contributed by atoms with van der Waals surface area (Å²) in [6, 6.07) is 0. The molecule has 0 aromatic rings. The van der Waals surface area contributed by atoms with Gasteiger partial charge < -0.3 is 0 Å². The number of rotatable bonds is 0. The zero-order valence-corrected chi connectivity index (χ0v) is 11.2. The number of hydrogen-bond acceptors (Lipinski definition) is 1. The van der Waals surface area contributed by atoms with E-state index in [1.165, 1.54) is 0 Å². The van der Waals surface area contributed by atoms with Crippen LogP contribution in [-0.4, -0.2) is 74.7 Å². The first kappa shape index (κ1) is 15.8. The van der Waals surface area contributed by atoms with Gasteiger partial charge in [-0.2, -0.15) is 0 Å². The van der Waals surface area contributed by atoms with Crippen molar-refractivity contribution in [2.75, 3.05) is 0 Å². The van der Waals surface area contributed by atoms with Crippen molar-refractivity contribution in [1.29, 1.82) is 0 Å². The van der Waals surface area contributed by atoms with Gasteiger partial charge in [-0.3, -0.25) is 0 Å². The molecule has 0 unspecified atom stereocenters. The Morgan fingerprint density at radius 2 is 1.25 bits per heavy atom. The molecule has 0 fully saturated rings. The van der Waals surface area contributed by atoms with Gasteiger partial charge in [0.1, 0.15) is 0 Å². The summed E-state index contributed by atoms with van der Waals surface area (Å²) in [4.78, 5) is 0. The molecule has 0 aromatic heterocycles. The molecule has 4 heteroatoms. The van der Waals surface area contributed by atoms with E-state index in [0.29, 0.717) is 0 Å². The molecular formula is BaCuOPb. The Bertz CT molecular complexity index is 8.00. The predicted octanol–water partition coefficient (Wildman–Crippen LogP) is -0.883. The fourth-order valence-corrected chi connectivity index (χ4v) is 0. The monoisotopic (exact) mass is 425 g/mol. The van der Waals surface area contributed by atoms with Crippen molar-refractivity contribution in [3.8, 4) is 0 Å². The van der Waals surface area contributed by atoms with E-state index in [9.17, 15) is 0 Å². The van der Waals surface area contributed by atoms with Gasteiger partial charge in [0.25, 0.3) is 0 Å². The summed E-state index contributed by atoms with van der Waals surface area (Å²) in [7, 11) is 0. The van der Waals surface area contributed by atoms with E-state index >= 15 is 0 Å². The molecule has 0 rings (SSSR count). The van der Waals surface area contributed by atoms with Crippen molar-refractivity contribution in [3.05, 3.63) is 0 Å². The second-order valence-electron chi connectivity index (χ2n) is 0. The van der Waals surface area contributed by atoms with Gasteiger partial charge >= 0.3 is 28.5 Å². The molecule has 0 amide bonds. The van der Waals surface area contributed by atoms with Crippen LogP contribution in [0.2, 0.25) is 0 Å². The fourth-order valence-electron chi connectivity index (χ4n) is 0.